The molecule has 1 N–H and O–H groups in total. The predicted molar refractivity (Wildman–Crippen MR) is 77.4 cm³/mol. The Morgan fingerprint density at radius 2 is 2.10 bits per heavy atom. The van der Waals surface area contributed by atoms with Gasteiger partial charge in [0, 0.05) is 10.9 Å². The fourth-order valence-corrected chi connectivity index (χ4v) is 2.26. The van der Waals surface area contributed by atoms with E-state index < -0.39 is 0 Å². The maximum atomic E-state index is 12.9. The van der Waals surface area contributed by atoms with Gasteiger partial charge in [0.15, 0.2) is 0 Å². The number of rotatable bonds is 4. The van der Waals surface area contributed by atoms with Gasteiger partial charge in [-0.3, -0.25) is 5.43 Å². The van der Waals surface area contributed by atoms with Crippen molar-refractivity contribution in [1.82, 2.24) is 4.98 Å². The van der Waals surface area contributed by atoms with Crippen molar-refractivity contribution in [2.75, 3.05) is 5.43 Å². The van der Waals surface area contributed by atoms with Crippen molar-refractivity contribution in [2.45, 2.75) is 0 Å². The molecule has 1 aromatic carbocycles. The summed E-state index contributed by atoms with van der Waals surface area (Å²) in [6, 6.07) is 9.81. The molecule has 0 saturated heterocycles. The number of hydrogen-bond acceptors (Lipinski definition) is 5. The molecule has 3 aromatic rings. The van der Waals surface area contributed by atoms with Crippen molar-refractivity contribution in [2.24, 2.45) is 5.10 Å². The molecule has 3 rings (SSSR count). The Bertz CT molecular complexity index is 704. The van der Waals surface area contributed by atoms with Gasteiger partial charge in [-0.15, -0.1) is 11.3 Å². The fourth-order valence-electron chi connectivity index (χ4n) is 1.59. The summed E-state index contributed by atoms with van der Waals surface area (Å²) in [6.45, 7) is 0. The van der Waals surface area contributed by atoms with E-state index in [4.69, 9.17) is 4.42 Å². The van der Waals surface area contributed by atoms with Crippen molar-refractivity contribution in [1.29, 1.82) is 0 Å². The third-order valence-electron chi connectivity index (χ3n) is 2.54. The number of furan rings is 1. The van der Waals surface area contributed by atoms with Crippen LogP contribution in [-0.4, -0.2) is 11.2 Å². The second-order valence-corrected chi connectivity index (χ2v) is 4.79. The summed E-state index contributed by atoms with van der Waals surface area (Å²) in [6.07, 6.45) is 3.15. The molecule has 100 valence electrons. The van der Waals surface area contributed by atoms with E-state index in [-0.39, 0.29) is 5.82 Å². The molecule has 0 spiro atoms. The first-order chi connectivity index (χ1) is 9.81. The number of aromatic nitrogens is 1. The maximum absolute atomic E-state index is 12.9. The van der Waals surface area contributed by atoms with Crippen molar-refractivity contribution in [3.8, 4) is 11.3 Å². The van der Waals surface area contributed by atoms with Crippen LogP contribution in [0.25, 0.3) is 11.3 Å². The van der Waals surface area contributed by atoms with Crippen LogP contribution >= 0.6 is 11.3 Å². The van der Waals surface area contributed by atoms with Crippen LogP contribution in [0.15, 0.2) is 57.6 Å². The fraction of sp³-hybridized carbons (Fsp3) is 0. The van der Waals surface area contributed by atoms with Gasteiger partial charge < -0.3 is 4.42 Å². The van der Waals surface area contributed by atoms with Crippen LogP contribution in [0.5, 0.6) is 0 Å². The van der Waals surface area contributed by atoms with Crippen molar-refractivity contribution in [3.05, 3.63) is 59.6 Å². The van der Waals surface area contributed by atoms with Crippen LogP contribution in [0, 0.1) is 5.82 Å². The minimum atomic E-state index is -0.259. The standard InChI is InChI=1S/C14H10FN3OS/c15-11-5-3-10(4-6-11)13-9-20-14(17-13)18-16-8-12-2-1-7-19-12/h1-9H,(H,17,18)/b16-8-. The van der Waals surface area contributed by atoms with Gasteiger partial charge in [-0.05, 0) is 36.4 Å². The predicted octanol–water partition coefficient (Wildman–Crippen LogP) is 3.99. The first-order valence-electron chi connectivity index (χ1n) is 5.85. The van der Waals surface area contributed by atoms with E-state index >= 15 is 0 Å². The zero-order valence-electron chi connectivity index (χ0n) is 10.3. The summed E-state index contributed by atoms with van der Waals surface area (Å²) in [5.41, 5.74) is 4.48. The Morgan fingerprint density at radius 1 is 1.25 bits per heavy atom. The minimum Gasteiger partial charge on any atom is -0.463 e. The molecule has 2 heterocycles. The zero-order valence-corrected chi connectivity index (χ0v) is 11.1. The highest BCUT2D eigenvalue weighted by Crippen LogP contribution is 2.24. The maximum Gasteiger partial charge on any atom is 0.203 e. The molecule has 4 nitrogen and oxygen atoms in total. The molecule has 0 atom stereocenters. The Balaban J connectivity index is 1.69. The molecular weight excluding hydrogens is 277 g/mol. The van der Waals surface area contributed by atoms with E-state index in [2.05, 4.69) is 15.5 Å². The van der Waals surface area contributed by atoms with E-state index in [1.807, 2.05) is 5.38 Å². The van der Waals surface area contributed by atoms with Crippen LogP contribution in [0.3, 0.4) is 0 Å². The number of benzene rings is 1. The lowest BCUT2D eigenvalue weighted by Crippen LogP contribution is -1.89. The Hall–Kier alpha value is -2.47. The average molecular weight is 287 g/mol. The molecular formula is C14H10FN3OS. The largest absolute Gasteiger partial charge is 0.463 e. The lowest BCUT2D eigenvalue weighted by molar-refractivity contribution is 0.560. The molecule has 0 aliphatic rings. The summed E-state index contributed by atoms with van der Waals surface area (Å²) < 4.78 is 18.0. The highest BCUT2D eigenvalue weighted by Gasteiger charge is 2.03. The molecule has 0 bridgehead atoms. The topological polar surface area (TPSA) is 50.4 Å². The van der Waals surface area contributed by atoms with E-state index in [1.165, 1.54) is 23.5 Å². The molecule has 6 heteroatoms. The highest BCUT2D eigenvalue weighted by atomic mass is 32.1. The summed E-state index contributed by atoms with van der Waals surface area (Å²) in [7, 11) is 0. The van der Waals surface area contributed by atoms with E-state index in [1.54, 1.807) is 36.7 Å². The lowest BCUT2D eigenvalue weighted by Gasteiger charge is -1.95. The van der Waals surface area contributed by atoms with Gasteiger partial charge in [-0.1, -0.05) is 0 Å². The number of nitrogens with zero attached hydrogens (tertiary/aromatic N) is 2. The summed E-state index contributed by atoms with van der Waals surface area (Å²) in [5, 5.41) is 6.57. The highest BCUT2D eigenvalue weighted by molar-refractivity contribution is 7.14. The first kappa shape index (κ1) is 12.6. The minimum absolute atomic E-state index is 0.259. The van der Waals surface area contributed by atoms with E-state index in [9.17, 15) is 4.39 Å². The number of anilines is 1. The van der Waals surface area contributed by atoms with Gasteiger partial charge in [0.2, 0.25) is 5.13 Å². The Kier molecular flexibility index (Phi) is 3.56. The van der Waals surface area contributed by atoms with Gasteiger partial charge in [0.05, 0.1) is 18.2 Å². The SMILES string of the molecule is Fc1ccc(-c2csc(N/N=C\c3ccco3)n2)cc1. The molecule has 0 aliphatic carbocycles. The molecule has 20 heavy (non-hydrogen) atoms. The van der Waals surface area contributed by atoms with Crippen molar-refractivity contribution in [3.63, 3.8) is 0 Å². The van der Waals surface area contributed by atoms with E-state index in [0.717, 1.165) is 11.3 Å². The van der Waals surface area contributed by atoms with Crippen LogP contribution in [0.2, 0.25) is 0 Å². The molecule has 0 amide bonds. The first-order valence-corrected chi connectivity index (χ1v) is 6.73. The van der Waals surface area contributed by atoms with Gasteiger partial charge in [-0.25, -0.2) is 9.37 Å². The Labute approximate surface area is 118 Å². The monoisotopic (exact) mass is 287 g/mol. The third kappa shape index (κ3) is 2.92. The van der Waals surface area contributed by atoms with Crippen LogP contribution < -0.4 is 5.43 Å². The summed E-state index contributed by atoms with van der Waals surface area (Å²) in [5.74, 6) is 0.401. The Morgan fingerprint density at radius 3 is 2.85 bits per heavy atom. The number of thiazole rings is 1. The number of hydrogen-bond donors (Lipinski definition) is 1. The molecule has 0 radical (unpaired) electrons. The third-order valence-corrected chi connectivity index (χ3v) is 3.29. The van der Waals surface area contributed by atoms with Gasteiger partial charge >= 0.3 is 0 Å². The van der Waals surface area contributed by atoms with Crippen LogP contribution in [0.4, 0.5) is 9.52 Å². The second kappa shape index (κ2) is 5.66. The van der Waals surface area contributed by atoms with Gasteiger partial charge in [-0.2, -0.15) is 5.10 Å². The normalized spacial score (nSPS) is 11.1. The van der Waals surface area contributed by atoms with Gasteiger partial charge in [0.25, 0.3) is 0 Å². The van der Waals surface area contributed by atoms with Crippen molar-refractivity contribution >= 4 is 22.7 Å². The molecule has 2 aromatic heterocycles. The van der Waals surface area contributed by atoms with E-state index in [0.29, 0.717) is 10.9 Å². The quantitative estimate of drug-likeness (QED) is 0.583. The summed E-state index contributed by atoms with van der Waals surface area (Å²) in [4.78, 5) is 4.37. The van der Waals surface area contributed by atoms with Crippen LogP contribution in [-0.2, 0) is 0 Å². The second-order valence-electron chi connectivity index (χ2n) is 3.93. The summed E-state index contributed by atoms with van der Waals surface area (Å²) >= 11 is 1.43. The lowest BCUT2D eigenvalue weighted by atomic mass is 10.2. The molecule has 0 aliphatic heterocycles. The van der Waals surface area contributed by atoms with Gasteiger partial charge in [0.1, 0.15) is 11.6 Å². The number of hydrazone groups is 1. The zero-order chi connectivity index (χ0) is 13.8. The average Bonchev–Trinajstić information content (AvgIpc) is 3.11. The van der Waals surface area contributed by atoms with Crippen molar-refractivity contribution < 1.29 is 8.81 Å². The van der Waals surface area contributed by atoms with Crippen LogP contribution in [0.1, 0.15) is 5.76 Å². The molecule has 0 fully saturated rings. The molecule has 0 unspecified atom stereocenters. The number of halogens is 1. The number of nitrogens with one attached hydrogen (secondary N) is 1. The molecule has 0 saturated carbocycles. The smallest absolute Gasteiger partial charge is 0.203 e.